The lowest BCUT2D eigenvalue weighted by Gasteiger charge is -2.07. The molecule has 2 N–H and O–H groups in total. The molecule has 20 heavy (non-hydrogen) atoms. The average Bonchev–Trinajstić information content (AvgIpc) is 2.98. The number of anilines is 1. The molecular weight excluding hydrogens is 272 g/mol. The highest BCUT2D eigenvalue weighted by Crippen LogP contribution is 2.38. The van der Waals surface area contributed by atoms with E-state index in [0.29, 0.717) is 6.54 Å². The fourth-order valence-electron chi connectivity index (χ4n) is 2.62. The molecule has 0 bridgehead atoms. The Labute approximate surface area is 121 Å². The third kappa shape index (κ3) is 2.60. The molecule has 0 aromatic carbocycles. The van der Waals surface area contributed by atoms with Gasteiger partial charge in [-0.05, 0) is 31.2 Å². The van der Waals surface area contributed by atoms with E-state index in [1.807, 2.05) is 0 Å². The topological polar surface area (TPSA) is 66.9 Å². The summed E-state index contributed by atoms with van der Waals surface area (Å²) >= 11 is 1.80. The van der Waals surface area contributed by atoms with Crippen LogP contribution in [-0.2, 0) is 17.6 Å². The number of carbonyl (C=O) groups excluding carboxylic acids is 1. The van der Waals surface area contributed by atoms with Crippen molar-refractivity contribution in [2.45, 2.75) is 32.6 Å². The highest BCUT2D eigenvalue weighted by molar-refractivity contribution is 7.19. The fraction of sp³-hybridized carbons (Fsp3) is 0.500. The Kier molecular flexibility index (Phi) is 3.82. The molecule has 1 aliphatic carbocycles. The molecular formula is C14H18N4OS. The Balaban J connectivity index is 1.70. The quantitative estimate of drug-likeness (QED) is 0.828. The summed E-state index contributed by atoms with van der Waals surface area (Å²) in [5.41, 5.74) is 1.44. The van der Waals surface area contributed by atoms with Crippen LogP contribution >= 0.6 is 11.3 Å². The molecule has 2 aromatic heterocycles. The molecule has 0 saturated heterocycles. The van der Waals surface area contributed by atoms with Gasteiger partial charge >= 0.3 is 0 Å². The summed E-state index contributed by atoms with van der Waals surface area (Å²) in [7, 11) is 0. The molecule has 6 heteroatoms. The van der Waals surface area contributed by atoms with Crippen LogP contribution in [0.4, 0.5) is 5.82 Å². The van der Waals surface area contributed by atoms with Gasteiger partial charge in [0.15, 0.2) is 0 Å². The summed E-state index contributed by atoms with van der Waals surface area (Å²) in [6.07, 6.45) is 6.08. The summed E-state index contributed by atoms with van der Waals surface area (Å²) in [5, 5.41) is 7.39. The summed E-state index contributed by atoms with van der Waals surface area (Å²) in [5.74, 6) is 0.960. The van der Waals surface area contributed by atoms with Crippen LogP contribution in [-0.4, -0.2) is 29.0 Å². The number of aromatic nitrogens is 2. The molecule has 0 spiro atoms. The second-order valence-corrected chi connectivity index (χ2v) is 6.11. The molecule has 1 aliphatic rings. The first kappa shape index (κ1) is 13.3. The molecule has 0 unspecified atom stereocenters. The van der Waals surface area contributed by atoms with Crippen LogP contribution in [0.2, 0.25) is 0 Å². The molecule has 0 aliphatic heterocycles. The van der Waals surface area contributed by atoms with Gasteiger partial charge in [0.1, 0.15) is 17.0 Å². The maximum Gasteiger partial charge on any atom is 0.216 e. The largest absolute Gasteiger partial charge is 0.369 e. The van der Waals surface area contributed by atoms with E-state index >= 15 is 0 Å². The maximum absolute atomic E-state index is 10.8. The number of aryl methyl sites for hydroxylation is 2. The highest BCUT2D eigenvalue weighted by atomic mass is 32.1. The molecule has 2 heterocycles. The van der Waals surface area contributed by atoms with E-state index in [4.69, 9.17) is 0 Å². The second-order valence-electron chi connectivity index (χ2n) is 5.02. The number of thiophene rings is 1. The number of fused-ring (bicyclic) bond motifs is 3. The Morgan fingerprint density at radius 3 is 3.10 bits per heavy atom. The number of nitrogens with one attached hydrogen (secondary N) is 2. The van der Waals surface area contributed by atoms with Gasteiger partial charge in [0, 0.05) is 24.9 Å². The normalized spacial score (nSPS) is 13.4. The number of nitrogens with zero attached hydrogens (tertiary/aromatic N) is 2. The van der Waals surface area contributed by atoms with Crippen molar-refractivity contribution in [1.29, 1.82) is 0 Å². The molecule has 5 nitrogen and oxygen atoms in total. The van der Waals surface area contributed by atoms with E-state index in [0.717, 1.165) is 30.0 Å². The van der Waals surface area contributed by atoms with Crippen molar-refractivity contribution < 1.29 is 4.79 Å². The lowest BCUT2D eigenvalue weighted by atomic mass is 10.2. The fourth-order valence-corrected chi connectivity index (χ4v) is 3.85. The van der Waals surface area contributed by atoms with Gasteiger partial charge in [-0.3, -0.25) is 4.79 Å². The van der Waals surface area contributed by atoms with Gasteiger partial charge in [-0.15, -0.1) is 11.3 Å². The average molecular weight is 290 g/mol. The summed E-state index contributed by atoms with van der Waals surface area (Å²) in [6.45, 7) is 3.03. The number of amides is 1. The first-order chi connectivity index (χ1) is 9.75. The Bertz CT molecular complexity index is 637. The zero-order valence-corrected chi connectivity index (χ0v) is 12.3. The summed E-state index contributed by atoms with van der Waals surface area (Å²) in [6, 6.07) is 0. The van der Waals surface area contributed by atoms with Gasteiger partial charge in [0.25, 0.3) is 0 Å². The van der Waals surface area contributed by atoms with Gasteiger partial charge in [-0.25, -0.2) is 9.97 Å². The van der Waals surface area contributed by atoms with Gasteiger partial charge in [-0.1, -0.05) is 0 Å². The molecule has 0 radical (unpaired) electrons. The Hall–Kier alpha value is -1.69. The predicted octanol–water partition coefficient (Wildman–Crippen LogP) is 2.12. The predicted molar refractivity (Wildman–Crippen MR) is 81.2 cm³/mol. The smallest absolute Gasteiger partial charge is 0.216 e. The highest BCUT2D eigenvalue weighted by Gasteiger charge is 2.20. The Morgan fingerprint density at radius 1 is 1.35 bits per heavy atom. The van der Waals surface area contributed by atoms with Gasteiger partial charge < -0.3 is 10.6 Å². The molecule has 3 rings (SSSR count). The van der Waals surface area contributed by atoms with Crippen LogP contribution in [0.3, 0.4) is 0 Å². The molecule has 1 amide bonds. The van der Waals surface area contributed by atoms with Crippen molar-refractivity contribution in [3.8, 4) is 0 Å². The van der Waals surface area contributed by atoms with Gasteiger partial charge in [0.2, 0.25) is 5.91 Å². The van der Waals surface area contributed by atoms with Gasteiger partial charge in [-0.2, -0.15) is 0 Å². The number of carbonyl (C=O) groups is 1. The van der Waals surface area contributed by atoms with E-state index in [9.17, 15) is 4.79 Å². The first-order valence-electron chi connectivity index (χ1n) is 6.99. The molecule has 2 aromatic rings. The van der Waals surface area contributed by atoms with Crippen LogP contribution in [0.1, 0.15) is 30.2 Å². The van der Waals surface area contributed by atoms with Crippen LogP contribution in [0.25, 0.3) is 10.2 Å². The SMILES string of the molecule is CC(=O)NCCCNc1ncnc2sc3c(c12)CCC3. The number of hydrogen-bond donors (Lipinski definition) is 2. The van der Waals surface area contributed by atoms with Crippen molar-refractivity contribution in [1.82, 2.24) is 15.3 Å². The Morgan fingerprint density at radius 2 is 2.25 bits per heavy atom. The molecule has 0 saturated carbocycles. The third-order valence-corrected chi connectivity index (χ3v) is 4.72. The lowest BCUT2D eigenvalue weighted by Crippen LogP contribution is -2.22. The van der Waals surface area contributed by atoms with E-state index in [-0.39, 0.29) is 5.91 Å². The standard InChI is InChI=1S/C14H18N4OS/c1-9(19)15-6-3-7-16-13-12-10-4-2-5-11(10)20-14(12)18-8-17-13/h8H,2-7H2,1H3,(H,15,19)(H,16,17,18). The molecule has 0 fully saturated rings. The summed E-state index contributed by atoms with van der Waals surface area (Å²) in [4.78, 5) is 22.1. The number of rotatable bonds is 5. The van der Waals surface area contributed by atoms with E-state index < -0.39 is 0 Å². The third-order valence-electron chi connectivity index (χ3n) is 3.52. The lowest BCUT2D eigenvalue weighted by molar-refractivity contribution is -0.118. The van der Waals surface area contributed by atoms with E-state index in [2.05, 4.69) is 20.6 Å². The molecule has 106 valence electrons. The van der Waals surface area contributed by atoms with Crippen molar-refractivity contribution in [2.24, 2.45) is 0 Å². The van der Waals surface area contributed by atoms with Crippen LogP contribution < -0.4 is 10.6 Å². The van der Waals surface area contributed by atoms with Gasteiger partial charge in [0.05, 0.1) is 5.39 Å². The second kappa shape index (κ2) is 5.75. The monoisotopic (exact) mass is 290 g/mol. The minimum absolute atomic E-state index is 0.0186. The minimum Gasteiger partial charge on any atom is -0.369 e. The first-order valence-corrected chi connectivity index (χ1v) is 7.81. The van der Waals surface area contributed by atoms with E-state index in [1.165, 1.54) is 35.6 Å². The van der Waals surface area contributed by atoms with Crippen molar-refractivity contribution in [3.05, 3.63) is 16.8 Å². The zero-order valence-electron chi connectivity index (χ0n) is 11.5. The maximum atomic E-state index is 10.8. The van der Waals surface area contributed by atoms with Crippen molar-refractivity contribution >= 4 is 33.3 Å². The summed E-state index contributed by atoms with van der Waals surface area (Å²) < 4.78 is 0. The zero-order chi connectivity index (χ0) is 13.9. The van der Waals surface area contributed by atoms with E-state index in [1.54, 1.807) is 17.7 Å². The minimum atomic E-state index is 0.0186. The van der Waals surface area contributed by atoms with Crippen molar-refractivity contribution in [3.63, 3.8) is 0 Å². The molecule has 0 atom stereocenters. The van der Waals surface area contributed by atoms with Crippen LogP contribution in [0.15, 0.2) is 6.33 Å². The number of hydrogen-bond acceptors (Lipinski definition) is 5. The van der Waals surface area contributed by atoms with Crippen LogP contribution in [0.5, 0.6) is 0 Å². The van der Waals surface area contributed by atoms with Crippen molar-refractivity contribution in [2.75, 3.05) is 18.4 Å². The van der Waals surface area contributed by atoms with Crippen LogP contribution in [0, 0.1) is 0 Å².